The number of nitrogens with zero attached hydrogens (tertiary/aromatic N) is 3. The summed E-state index contributed by atoms with van der Waals surface area (Å²) in [6.07, 6.45) is 0.548. The predicted molar refractivity (Wildman–Crippen MR) is 98.6 cm³/mol. The molecule has 0 saturated carbocycles. The first-order valence-electron chi connectivity index (χ1n) is 8.84. The highest BCUT2D eigenvalue weighted by molar-refractivity contribution is 7.34. The van der Waals surface area contributed by atoms with Crippen LogP contribution in [0.3, 0.4) is 0 Å². The largest absolute Gasteiger partial charge is 0.462 e. The van der Waals surface area contributed by atoms with Gasteiger partial charge in [-0.05, 0) is 5.92 Å². The number of carbonyl (C=O) groups is 1. The number of imidazole rings is 1. The smallest absolute Gasteiger partial charge is 0.319 e. The van der Waals surface area contributed by atoms with Crippen LogP contribution in [0.2, 0.25) is 2.82 Å². The number of fused-ring (bicyclic) bond motifs is 1. The molecule has 2 rings (SSSR count). The maximum Gasteiger partial charge on any atom is 0.319 e. The second-order valence-electron chi connectivity index (χ2n) is 5.91. The molecule has 2 atom stereocenters. The van der Waals surface area contributed by atoms with Crippen LogP contribution < -0.4 is 11.1 Å². The van der Waals surface area contributed by atoms with E-state index in [4.69, 9.17) is 12.3 Å². The number of nitrogens with one attached hydrogen (secondary N) is 3. The highest BCUT2D eigenvalue weighted by atomic mass is 31.1. The van der Waals surface area contributed by atoms with Crippen molar-refractivity contribution in [1.29, 1.82) is 10.3 Å². The Morgan fingerprint density at radius 2 is 2.44 bits per heavy atom. The number of aliphatic hydroxyl groups is 1. The first kappa shape index (κ1) is 18.3. The van der Waals surface area contributed by atoms with Gasteiger partial charge >= 0.3 is 5.97 Å². The highest BCUT2D eigenvalue weighted by Gasteiger charge is 2.23. The van der Waals surface area contributed by atoms with Crippen molar-refractivity contribution in [2.24, 2.45) is 5.92 Å². The molecule has 2 aromatic heterocycles. The first-order valence-corrected chi connectivity index (χ1v) is 9.71. The van der Waals surface area contributed by atoms with E-state index in [0.29, 0.717) is 8.37 Å². The molecular formula is C14H20N6O5P2. The van der Waals surface area contributed by atoms with E-state index < -0.39 is 29.9 Å². The van der Waals surface area contributed by atoms with Crippen LogP contribution in [0.15, 0.2) is 11.1 Å². The fraction of sp³-hybridized carbons (Fsp3) is 0.571. The lowest BCUT2D eigenvalue weighted by atomic mass is 10.1. The SMILES string of the molecule is [1H]N=Pc1nc2c(ncn2COC(CO)COC(=O)[C@@H](P=N[2H])C(C)C)c(=O)[nH]1. The number of hydrogen-bond acceptors (Lipinski definition) is 9. The lowest BCUT2D eigenvalue weighted by Crippen LogP contribution is -2.30. The molecule has 11 nitrogen and oxygen atoms in total. The Hall–Kier alpha value is -2.06. The van der Waals surface area contributed by atoms with Crippen molar-refractivity contribution in [3.8, 4) is 0 Å². The van der Waals surface area contributed by atoms with Gasteiger partial charge in [-0.2, -0.15) is 0 Å². The molecule has 0 fully saturated rings. The molecule has 0 bridgehead atoms. The molecule has 27 heavy (non-hydrogen) atoms. The Bertz CT molecular complexity index is 950. The molecule has 0 spiro atoms. The number of hydrogen-bond donors (Lipinski definition) is 4. The number of ether oxygens (including phenoxy) is 2. The second kappa shape index (κ2) is 9.75. The Morgan fingerprint density at radius 3 is 3.11 bits per heavy atom. The van der Waals surface area contributed by atoms with Gasteiger partial charge in [-0.3, -0.25) is 29.4 Å². The number of aromatic nitrogens is 4. The quantitative estimate of drug-likeness (QED) is 0.332. The summed E-state index contributed by atoms with van der Waals surface area (Å²) in [5.41, 5.74) is -0.510. The van der Waals surface area contributed by atoms with Gasteiger partial charge in [0.05, 0.1) is 21.3 Å². The number of rotatable bonds is 10. The van der Waals surface area contributed by atoms with Gasteiger partial charge in [0, 0.05) is 8.37 Å². The van der Waals surface area contributed by atoms with Gasteiger partial charge in [0.1, 0.15) is 25.1 Å². The summed E-state index contributed by atoms with van der Waals surface area (Å²) in [7, 11) is 0.473. The third-order valence-electron chi connectivity index (χ3n) is 3.62. The van der Waals surface area contributed by atoms with Crippen LogP contribution in [0.5, 0.6) is 0 Å². The first-order chi connectivity index (χ1) is 13.9. The number of carbonyl (C=O) groups excluding carboxylic acids is 1. The van der Waals surface area contributed by atoms with Crippen molar-refractivity contribution < 1.29 is 22.2 Å². The van der Waals surface area contributed by atoms with Crippen molar-refractivity contribution in [2.45, 2.75) is 32.3 Å². The van der Waals surface area contributed by atoms with Crippen LogP contribution in [-0.4, -0.2) is 55.6 Å². The summed E-state index contributed by atoms with van der Waals surface area (Å²) in [6.45, 7) is 2.96. The number of aromatic amines is 1. The number of aliphatic hydroxyl groups excluding tert-OH is 1. The Morgan fingerprint density at radius 1 is 1.63 bits per heavy atom. The van der Waals surface area contributed by atoms with E-state index in [-0.39, 0.29) is 44.4 Å². The molecule has 2 aromatic rings. The molecule has 13 heteroatoms. The van der Waals surface area contributed by atoms with Gasteiger partial charge in [-0.25, -0.2) is 9.97 Å². The normalized spacial score (nSPS) is 15.4. The monoisotopic (exact) mass is 415 g/mol. The van der Waals surface area contributed by atoms with E-state index in [1.165, 1.54) is 10.9 Å². The zero-order chi connectivity index (χ0) is 21.4. The highest BCUT2D eigenvalue weighted by Crippen LogP contribution is 2.19. The van der Waals surface area contributed by atoms with Crippen LogP contribution >= 0.6 is 16.7 Å². The third kappa shape index (κ3) is 5.23. The molecule has 0 saturated heterocycles. The third-order valence-corrected chi connectivity index (χ3v) is 5.08. The summed E-state index contributed by atoms with van der Waals surface area (Å²) in [5, 5.41) is 15.9. The Balaban J connectivity index is 2.04. The molecule has 0 radical (unpaired) electrons. The van der Waals surface area contributed by atoms with Gasteiger partial charge < -0.3 is 14.6 Å². The fourth-order valence-corrected chi connectivity index (χ4v) is 2.86. The average Bonchev–Trinajstić information content (AvgIpc) is 3.09. The lowest BCUT2D eigenvalue weighted by Gasteiger charge is -2.18. The van der Waals surface area contributed by atoms with E-state index in [9.17, 15) is 14.7 Å². The second-order valence-corrected chi connectivity index (χ2v) is 7.32. The van der Waals surface area contributed by atoms with Crippen molar-refractivity contribution in [3.63, 3.8) is 0 Å². The Kier molecular flexibility index (Phi) is 6.61. The average molecular weight is 415 g/mol. The molecule has 1 unspecified atom stereocenters. The zero-order valence-corrected chi connectivity index (χ0v) is 16.4. The van der Waals surface area contributed by atoms with Crippen LogP contribution in [0.25, 0.3) is 11.2 Å². The molecular weight excluding hydrogens is 394 g/mol. The molecule has 146 valence electrons. The maximum atomic E-state index is 12.1. The van der Waals surface area contributed by atoms with Gasteiger partial charge in [-0.15, -0.1) is 0 Å². The fourth-order valence-electron chi connectivity index (χ4n) is 2.14. The summed E-state index contributed by atoms with van der Waals surface area (Å²) in [4.78, 5) is 34.8. The maximum absolute atomic E-state index is 12.1. The Labute approximate surface area is 160 Å². The molecule has 0 amide bonds. The number of esters is 1. The van der Waals surface area contributed by atoms with Crippen LogP contribution in [0.1, 0.15) is 13.8 Å². The van der Waals surface area contributed by atoms with Crippen molar-refractivity contribution in [3.05, 3.63) is 16.7 Å². The van der Waals surface area contributed by atoms with Crippen molar-refractivity contribution >= 4 is 39.4 Å². The zero-order valence-electron chi connectivity index (χ0n) is 16.6. The van der Waals surface area contributed by atoms with Crippen molar-refractivity contribution in [1.82, 2.24) is 19.5 Å². The minimum atomic E-state index is -0.809. The van der Waals surface area contributed by atoms with Crippen molar-refractivity contribution in [2.75, 3.05) is 13.2 Å². The van der Waals surface area contributed by atoms with Crippen LogP contribution in [0, 0.1) is 16.2 Å². The number of H-pyrrole nitrogens is 1. The molecule has 0 aliphatic heterocycles. The molecule has 4 N–H and O–H groups in total. The topological polar surface area (TPSA) is 167 Å². The summed E-state index contributed by atoms with van der Waals surface area (Å²) < 4.78 is 26.0. The van der Waals surface area contributed by atoms with Gasteiger partial charge in [0.15, 0.2) is 19.6 Å². The summed E-state index contributed by atoms with van der Waals surface area (Å²) in [5.74, 6) is -0.582. The van der Waals surface area contributed by atoms with Crippen LogP contribution in [-0.2, 0) is 21.0 Å². The summed E-state index contributed by atoms with van der Waals surface area (Å²) >= 11 is 0. The van der Waals surface area contributed by atoms with E-state index in [1.54, 1.807) is 0 Å². The van der Waals surface area contributed by atoms with E-state index in [1.807, 2.05) is 13.8 Å². The molecule has 0 aliphatic rings. The predicted octanol–water partition coefficient (Wildman–Crippen LogP) is 1.06. The lowest BCUT2D eigenvalue weighted by molar-refractivity contribution is -0.150. The summed E-state index contributed by atoms with van der Waals surface area (Å²) in [6, 6.07) is 0. The molecule has 2 heterocycles. The van der Waals surface area contributed by atoms with E-state index in [0.717, 1.165) is 0 Å². The molecule has 0 aromatic carbocycles. The van der Waals surface area contributed by atoms with Gasteiger partial charge in [-0.1, -0.05) is 13.8 Å². The van der Waals surface area contributed by atoms with E-state index in [2.05, 4.69) is 25.3 Å². The standard InChI is InChI=1S/C14H20N6O5P2/c1-7(2)10(26-15)13(23)24-4-8(3-21)25-6-20-5-17-9-11(20)18-14(27-16)19-12(9)22/h5,7-8,10,15-16,21H,3-4,6H2,1-2H3,(H,18,19,22)/t8?,10-/m0/s1/i/hDH. The van der Waals surface area contributed by atoms with E-state index >= 15 is 0 Å². The van der Waals surface area contributed by atoms with Gasteiger partial charge in [0.2, 0.25) is 0 Å². The van der Waals surface area contributed by atoms with Gasteiger partial charge in [0.25, 0.3) is 5.56 Å². The molecule has 0 aliphatic carbocycles. The minimum absolute atomic E-state index is 0.0582. The minimum Gasteiger partial charge on any atom is -0.462 e. The van der Waals surface area contributed by atoms with Crippen LogP contribution in [0.4, 0.5) is 0 Å².